The average Bonchev–Trinajstić information content (AvgIpc) is 3.09. The zero-order valence-corrected chi connectivity index (χ0v) is 16.7. The van der Waals surface area contributed by atoms with E-state index in [9.17, 15) is 4.79 Å². The van der Waals surface area contributed by atoms with Crippen LogP contribution in [-0.4, -0.2) is 37.8 Å². The van der Waals surface area contributed by atoms with E-state index in [1.165, 1.54) is 16.9 Å². The van der Waals surface area contributed by atoms with Gasteiger partial charge in [-0.25, -0.2) is 4.98 Å². The maximum atomic E-state index is 12.9. The minimum Gasteiger partial charge on any atom is -0.382 e. The van der Waals surface area contributed by atoms with Crippen LogP contribution in [0.3, 0.4) is 0 Å². The van der Waals surface area contributed by atoms with Crippen molar-refractivity contribution in [3.8, 4) is 0 Å². The summed E-state index contributed by atoms with van der Waals surface area (Å²) >= 11 is 1.50. The van der Waals surface area contributed by atoms with Gasteiger partial charge in [0.25, 0.3) is 5.91 Å². The molecule has 0 atom stereocenters. The van der Waals surface area contributed by atoms with Crippen LogP contribution in [0.15, 0.2) is 48.5 Å². The summed E-state index contributed by atoms with van der Waals surface area (Å²) in [4.78, 5) is 19.2. The van der Waals surface area contributed by atoms with Crippen LogP contribution in [0.25, 0.3) is 10.2 Å². The molecule has 0 saturated heterocycles. The van der Waals surface area contributed by atoms with E-state index in [1.54, 1.807) is 12.0 Å². The quantitative estimate of drug-likeness (QED) is 0.526. The fraction of sp³-hybridized carbons (Fsp3) is 0.333. The topological polar surface area (TPSA) is 51.7 Å². The zero-order chi connectivity index (χ0) is 19.2. The molecule has 1 aromatic heterocycles. The molecule has 3 aromatic rings. The van der Waals surface area contributed by atoms with Crippen LogP contribution in [0, 0.1) is 0 Å². The van der Waals surface area contributed by atoms with Crippen molar-refractivity contribution in [1.29, 1.82) is 0 Å². The number of rotatable bonds is 8. The van der Waals surface area contributed by atoms with Crippen LogP contribution >= 0.6 is 11.3 Å². The molecule has 5 nitrogen and oxygen atoms in total. The number of fused-ring (bicyclic) bond motifs is 1. The van der Waals surface area contributed by atoms with Crippen molar-refractivity contribution < 1.29 is 14.3 Å². The Balaban J connectivity index is 1.91. The van der Waals surface area contributed by atoms with Crippen molar-refractivity contribution >= 4 is 38.3 Å². The third kappa shape index (κ3) is 4.71. The molecule has 0 bridgehead atoms. The number of carbonyl (C=O) groups is 1. The third-order valence-electron chi connectivity index (χ3n) is 4.20. The summed E-state index contributed by atoms with van der Waals surface area (Å²) in [5.74, 6) is 0.283. The Morgan fingerprint density at radius 3 is 2.52 bits per heavy atom. The molecular weight excluding hydrogens is 360 g/mol. The molecule has 0 fully saturated rings. The number of nitrogens with zero attached hydrogens (tertiary/aromatic N) is 2. The maximum Gasteiger partial charge on any atom is 0.259 e. The van der Waals surface area contributed by atoms with Gasteiger partial charge in [0.2, 0.25) is 0 Å². The van der Waals surface area contributed by atoms with Gasteiger partial charge in [0, 0.05) is 7.11 Å². The highest BCUT2D eigenvalue weighted by Gasteiger charge is 2.22. The molecule has 0 unspecified atom stereocenters. The minimum absolute atomic E-state index is 0.0226. The monoisotopic (exact) mass is 384 g/mol. The molecule has 0 N–H and O–H groups in total. The number of para-hydroxylation sites is 1. The van der Waals surface area contributed by atoms with Gasteiger partial charge in [-0.2, -0.15) is 0 Å². The smallest absolute Gasteiger partial charge is 0.259 e. The summed E-state index contributed by atoms with van der Waals surface area (Å²) in [6.45, 7) is 5.11. The molecule has 0 radical (unpaired) electrons. The number of hydrogen-bond donors (Lipinski definition) is 0. The Bertz CT molecular complexity index is 857. The molecule has 1 heterocycles. The highest BCUT2D eigenvalue weighted by atomic mass is 32.1. The van der Waals surface area contributed by atoms with Gasteiger partial charge in [0.1, 0.15) is 6.61 Å². The molecule has 0 aliphatic rings. The second-order valence-electron chi connectivity index (χ2n) is 6.48. The summed E-state index contributed by atoms with van der Waals surface area (Å²) in [7, 11) is 1.61. The van der Waals surface area contributed by atoms with Gasteiger partial charge >= 0.3 is 0 Å². The number of ether oxygens (including phenoxy) is 2. The van der Waals surface area contributed by atoms with E-state index in [-0.39, 0.29) is 12.5 Å². The van der Waals surface area contributed by atoms with E-state index < -0.39 is 0 Å². The van der Waals surface area contributed by atoms with Crippen molar-refractivity contribution in [3.05, 3.63) is 54.1 Å². The van der Waals surface area contributed by atoms with Crippen LogP contribution < -0.4 is 4.90 Å². The molecule has 142 valence electrons. The van der Waals surface area contributed by atoms with Crippen LogP contribution in [0.5, 0.6) is 0 Å². The van der Waals surface area contributed by atoms with Gasteiger partial charge in [-0.1, -0.05) is 49.4 Å². The standard InChI is InChI=1S/C21H24N2O3S/c1-15(2)16-8-10-17(11-9-16)23(20(24)14-26-13-12-25-3)21-22-18-6-4-5-7-19(18)27-21/h4-11,15H,12-14H2,1-3H3. The molecule has 6 heteroatoms. The van der Waals surface area contributed by atoms with Gasteiger partial charge in [-0.05, 0) is 35.7 Å². The third-order valence-corrected chi connectivity index (χ3v) is 5.22. The van der Waals surface area contributed by atoms with Gasteiger partial charge in [-0.3, -0.25) is 9.69 Å². The normalized spacial score (nSPS) is 11.3. The fourth-order valence-electron chi connectivity index (χ4n) is 2.69. The number of anilines is 2. The summed E-state index contributed by atoms with van der Waals surface area (Å²) in [6, 6.07) is 15.9. The number of hydrogen-bond acceptors (Lipinski definition) is 5. The number of methoxy groups -OCH3 is 1. The van der Waals surface area contributed by atoms with Crippen LogP contribution in [0.1, 0.15) is 25.3 Å². The fourth-order valence-corrected chi connectivity index (χ4v) is 3.70. The molecule has 0 aliphatic heterocycles. The summed E-state index contributed by atoms with van der Waals surface area (Å²) in [5, 5.41) is 0.647. The van der Waals surface area contributed by atoms with Crippen LogP contribution in [0.2, 0.25) is 0 Å². The summed E-state index contributed by atoms with van der Waals surface area (Å²) in [5.41, 5.74) is 2.90. The molecule has 0 aliphatic carbocycles. The Morgan fingerprint density at radius 2 is 1.85 bits per heavy atom. The number of thiazole rings is 1. The van der Waals surface area contributed by atoms with Gasteiger partial charge in [0.15, 0.2) is 5.13 Å². The van der Waals surface area contributed by atoms with Crippen LogP contribution in [-0.2, 0) is 14.3 Å². The predicted octanol–water partition coefficient (Wildman–Crippen LogP) is 4.75. The second-order valence-corrected chi connectivity index (χ2v) is 7.49. The number of benzene rings is 2. The highest BCUT2D eigenvalue weighted by Crippen LogP contribution is 2.34. The largest absolute Gasteiger partial charge is 0.382 e. The summed E-state index contributed by atoms with van der Waals surface area (Å²) in [6.07, 6.45) is 0. The lowest BCUT2D eigenvalue weighted by atomic mass is 10.0. The number of carbonyl (C=O) groups excluding carboxylic acids is 1. The van der Waals surface area contributed by atoms with E-state index in [2.05, 4.69) is 31.0 Å². The van der Waals surface area contributed by atoms with E-state index >= 15 is 0 Å². The van der Waals surface area contributed by atoms with E-state index in [1.807, 2.05) is 36.4 Å². The lowest BCUT2D eigenvalue weighted by Gasteiger charge is -2.20. The van der Waals surface area contributed by atoms with Gasteiger partial charge < -0.3 is 9.47 Å². The minimum atomic E-state index is -0.151. The number of aromatic nitrogens is 1. The van der Waals surface area contributed by atoms with Crippen molar-refractivity contribution in [2.75, 3.05) is 31.8 Å². The van der Waals surface area contributed by atoms with Gasteiger partial charge in [0.05, 0.1) is 29.1 Å². The first-order chi connectivity index (χ1) is 13.1. The summed E-state index contributed by atoms with van der Waals surface area (Å²) < 4.78 is 11.5. The molecule has 1 amide bonds. The maximum absolute atomic E-state index is 12.9. The van der Waals surface area contributed by atoms with E-state index in [4.69, 9.17) is 9.47 Å². The predicted molar refractivity (Wildman–Crippen MR) is 110 cm³/mol. The van der Waals surface area contributed by atoms with Crippen LogP contribution in [0.4, 0.5) is 10.8 Å². The molecular formula is C21H24N2O3S. The first-order valence-electron chi connectivity index (χ1n) is 8.95. The van der Waals surface area contributed by atoms with Crippen molar-refractivity contribution in [2.24, 2.45) is 0 Å². The second kappa shape index (κ2) is 9.08. The SMILES string of the molecule is COCCOCC(=O)N(c1ccc(C(C)C)cc1)c1nc2ccccc2s1. The van der Waals surface area contributed by atoms with Gasteiger partial charge in [-0.15, -0.1) is 0 Å². The van der Waals surface area contributed by atoms with E-state index in [0.29, 0.717) is 24.3 Å². The van der Waals surface area contributed by atoms with Crippen molar-refractivity contribution in [3.63, 3.8) is 0 Å². The van der Waals surface area contributed by atoms with E-state index in [0.717, 1.165) is 15.9 Å². The molecule has 0 spiro atoms. The molecule has 0 saturated carbocycles. The number of amides is 1. The molecule has 27 heavy (non-hydrogen) atoms. The molecule has 2 aromatic carbocycles. The van der Waals surface area contributed by atoms with Crippen molar-refractivity contribution in [2.45, 2.75) is 19.8 Å². The highest BCUT2D eigenvalue weighted by molar-refractivity contribution is 7.22. The lowest BCUT2D eigenvalue weighted by Crippen LogP contribution is -2.30. The first kappa shape index (κ1) is 19.5. The Hall–Kier alpha value is -2.28. The Kier molecular flexibility index (Phi) is 6.55. The lowest BCUT2D eigenvalue weighted by molar-refractivity contribution is -0.122. The first-order valence-corrected chi connectivity index (χ1v) is 9.77. The Labute approximate surface area is 163 Å². The van der Waals surface area contributed by atoms with Crippen molar-refractivity contribution in [1.82, 2.24) is 4.98 Å². The molecule has 3 rings (SSSR count). The Morgan fingerprint density at radius 1 is 1.11 bits per heavy atom. The zero-order valence-electron chi connectivity index (χ0n) is 15.8. The average molecular weight is 385 g/mol.